The molecule has 1 fully saturated rings. The van der Waals surface area contributed by atoms with E-state index in [2.05, 4.69) is 6.58 Å². The van der Waals surface area contributed by atoms with E-state index in [4.69, 9.17) is 4.74 Å². The van der Waals surface area contributed by atoms with Gasteiger partial charge in [-0.3, -0.25) is 4.79 Å². The molecule has 0 aromatic rings. The van der Waals surface area contributed by atoms with Gasteiger partial charge in [-0.2, -0.15) is 0 Å². The van der Waals surface area contributed by atoms with Gasteiger partial charge in [0.15, 0.2) is 0 Å². The fraction of sp³-hybridized carbons (Fsp3) is 0.667. The van der Waals surface area contributed by atoms with E-state index in [9.17, 15) is 9.59 Å². The number of esters is 1. The van der Waals surface area contributed by atoms with E-state index < -0.39 is 5.97 Å². The summed E-state index contributed by atoms with van der Waals surface area (Å²) in [6, 6.07) is 0. The fourth-order valence-electron chi connectivity index (χ4n) is 1.82. The molecule has 0 bridgehead atoms. The van der Waals surface area contributed by atoms with Crippen molar-refractivity contribution in [3.63, 3.8) is 0 Å². The first kappa shape index (κ1) is 12.7. The maximum absolute atomic E-state index is 11.8. The Bertz CT molecular complexity index is 299. The van der Waals surface area contributed by atoms with Crippen LogP contribution in [0.5, 0.6) is 0 Å². The van der Waals surface area contributed by atoms with Gasteiger partial charge in [0.25, 0.3) is 0 Å². The molecule has 1 atom stereocenters. The van der Waals surface area contributed by atoms with Crippen LogP contribution in [0.15, 0.2) is 12.2 Å². The van der Waals surface area contributed by atoms with Gasteiger partial charge in [-0.1, -0.05) is 13.5 Å². The van der Waals surface area contributed by atoms with Gasteiger partial charge in [0, 0.05) is 18.0 Å². The quantitative estimate of drug-likeness (QED) is 0.536. The first-order valence-electron chi connectivity index (χ1n) is 5.70. The van der Waals surface area contributed by atoms with Gasteiger partial charge in [-0.05, 0) is 19.8 Å². The average Bonchev–Trinajstić information content (AvgIpc) is 2.25. The Morgan fingerprint density at radius 2 is 2.31 bits per heavy atom. The van der Waals surface area contributed by atoms with Gasteiger partial charge >= 0.3 is 5.97 Å². The molecule has 1 aliphatic heterocycles. The van der Waals surface area contributed by atoms with Crippen molar-refractivity contribution in [1.29, 1.82) is 0 Å². The zero-order chi connectivity index (χ0) is 12.1. The second-order valence-electron chi connectivity index (χ2n) is 4.13. The summed E-state index contributed by atoms with van der Waals surface area (Å²) in [7, 11) is 0. The van der Waals surface area contributed by atoms with Crippen LogP contribution in [-0.2, 0) is 14.3 Å². The van der Waals surface area contributed by atoms with Crippen molar-refractivity contribution in [2.24, 2.45) is 5.92 Å². The first-order chi connectivity index (χ1) is 7.56. The number of hydrogen-bond donors (Lipinski definition) is 0. The minimum absolute atomic E-state index is 0.0590. The van der Waals surface area contributed by atoms with E-state index in [1.54, 1.807) is 11.8 Å². The minimum atomic E-state index is -0.409. The lowest BCUT2D eigenvalue weighted by Crippen LogP contribution is -2.41. The highest BCUT2D eigenvalue weighted by atomic mass is 16.5. The van der Waals surface area contributed by atoms with Gasteiger partial charge in [0.05, 0.1) is 13.2 Å². The number of carbonyl (C=O) groups excluding carboxylic acids is 2. The van der Waals surface area contributed by atoms with Crippen molar-refractivity contribution in [2.75, 3.05) is 19.7 Å². The Morgan fingerprint density at radius 3 is 2.94 bits per heavy atom. The van der Waals surface area contributed by atoms with Crippen LogP contribution in [0.2, 0.25) is 0 Å². The van der Waals surface area contributed by atoms with E-state index in [1.165, 1.54) is 0 Å². The number of amides is 1. The number of carbonyl (C=O) groups is 2. The molecule has 90 valence electrons. The summed E-state index contributed by atoms with van der Waals surface area (Å²) in [6.45, 7) is 8.67. The molecule has 1 aliphatic rings. The molecule has 1 heterocycles. The van der Waals surface area contributed by atoms with Gasteiger partial charge < -0.3 is 9.64 Å². The second kappa shape index (κ2) is 5.68. The highest BCUT2D eigenvalue weighted by Gasteiger charge is 2.26. The third kappa shape index (κ3) is 3.08. The fourth-order valence-corrected chi connectivity index (χ4v) is 1.82. The highest BCUT2D eigenvalue weighted by Crippen LogP contribution is 2.18. The average molecular weight is 225 g/mol. The normalized spacial score (nSPS) is 20.8. The lowest BCUT2D eigenvalue weighted by molar-refractivity contribution is -0.140. The zero-order valence-electron chi connectivity index (χ0n) is 9.99. The Labute approximate surface area is 96.3 Å². The molecule has 0 N–H and O–H groups in total. The smallest absolute Gasteiger partial charge is 0.335 e. The van der Waals surface area contributed by atoms with E-state index in [0.717, 1.165) is 12.8 Å². The van der Waals surface area contributed by atoms with Crippen molar-refractivity contribution >= 4 is 11.9 Å². The molecular formula is C12H19NO3. The van der Waals surface area contributed by atoms with Gasteiger partial charge in [0.2, 0.25) is 5.91 Å². The number of piperidine rings is 1. The predicted molar refractivity (Wildman–Crippen MR) is 60.8 cm³/mol. The van der Waals surface area contributed by atoms with Crippen molar-refractivity contribution in [3.8, 4) is 0 Å². The third-order valence-electron chi connectivity index (χ3n) is 2.74. The lowest BCUT2D eigenvalue weighted by Gasteiger charge is -2.30. The highest BCUT2D eigenvalue weighted by molar-refractivity contribution is 5.89. The Kier molecular flexibility index (Phi) is 4.52. The number of hydrogen-bond acceptors (Lipinski definition) is 3. The molecule has 0 saturated carbocycles. The van der Waals surface area contributed by atoms with Crippen LogP contribution >= 0.6 is 0 Å². The molecule has 0 aromatic carbocycles. The van der Waals surface area contributed by atoms with Crippen LogP contribution in [0.3, 0.4) is 0 Å². The molecule has 4 heteroatoms. The molecule has 1 saturated heterocycles. The van der Waals surface area contributed by atoms with Crippen LogP contribution < -0.4 is 0 Å². The topological polar surface area (TPSA) is 46.6 Å². The molecule has 1 unspecified atom stereocenters. The molecule has 16 heavy (non-hydrogen) atoms. The summed E-state index contributed by atoms with van der Waals surface area (Å²) < 4.78 is 4.83. The van der Waals surface area contributed by atoms with Gasteiger partial charge in [-0.15, -0.1) is 0 Å². The van der Waals surface area contributed by atoms with E-state index in [-0.39, 0.29) is 11.8 Å². The van der Waals surface area contributed by atoms with Gasteiger partial charge in [-0.25, -0.2) is 4.79 Å². The minimum Gasteiger partial charge on any atom is -0.463 e. The van der Waals surface area contributed by atoms with Crippen molar-refractivity contribution in [3.05, 3.63) is 12.2 Å². The lowest BCUT2D eigenvalue weighted by atomic mass is 9.99. The number of nitrogens with zero attached hydrogens (tertiary/aromatic N) is 1. The van der Waals surface area contributed by atoms with Crippen LogP contribution in [0.4, 0.5) is 0 Å². The molecular weight excluding hydrogens is 206 g/mol. The van der Waals surface area contributed by atoms with E-state index in [1.807, 2.05) is 6.92 Å². The molecule has 0 radical (unpaired) electrons. The van der Waals surface area contributed by atoms with Crippen LogP contribution in [0, 0.1) is 5.92 Å². The van der Waals surface area contributed by atoms with Crippen molar-refractivity contribution in [1.82, 2.24) is 4.90 Å². The molecule has 0 aliphatic carbocycles. The number of ether oxygens (including phenoxy) is 1. The van der Waals surface area contributed by atoms with Crippen molar-refractivity contribution < 1.29 is 14.3 Å². The summed E-state index contributed by atoms with van der Waals surface area (Å²) >= 11 is 0. The van der Waals surface area contributed by atoms with Crippen LogP contribution in [0.25, 0.3) is 0 Å². The molecule has 1 amide bonds. The van der Waals surface area contributed by atoms with Crippen molar-refractivity contribution in [2.45, 2.75) is 26.7 Å². The first-order valence-corrected chi connectivity index (χ1v) is 5.70. The molecule has 4 nitrogen and oxygen atoms in total. The summed E-state index contributed by atoms with van der Waals surface area (Å²) in [4.78, 5) is 24.8. The van der Waals surface area contributed by atoms with Gasteiger partial charge in [0.1, 0.15) is 0 Å². The van der Waals surface area contributed by atoms with E-state index >= 15 is 0 Å². The van der Waals surface area contributed by atoms with Crippen LogP contribution in [0.1, 0.15) is 26.7 Å². The maximum atomic E-state index is 11.8. The second-order valence-corrected chi connectivity index (χ2v) is 4.13. The molecule has 0 aromatic heterocycles. The summed E-state index contributed by atoms with van der Waals surface area (Å²) in [6.07, 6.45) is 1.92. The predicted octanol–water partition coefficient (Wildman–Crippen LogP) is 1.36. The largest absolute Gasteiger partial charge is 0.463 e. The maximum Gasteiger partial charge on any atom is 0.335 e. The molecule has 0 spiro atoms. The van der Waals surface area contributed by atoms with E-state index in [0.29, 0.717) is 25.3 Å². The summed E-state index contributed by atoms with van der Waals surface area (Å²) in [5.74, 6) is -0.242. The summed E-state index contributed by atoms with van der Waals surface area (Å²) in [5.41, 5.74) is 0.351. The Hall–Kier alpha value is -1.32. The Morgan fingerprint density at radius 1 is 1.62 bits per heavy atom. The summed E-state index contributed by atoms with van der Waals surface area (Å²) in [5, 5.41) is 0. The molecule has 1 rings (SSSR count). The number of rotatable bonds is 4. The third-order valence-corrected chi connectivity index (χ3v) is 2.74. The Balaban J connectivity index is 2.50. The zero-order valence-corrected chi connectivity index (χ0v) is 9.99. The SMILES string of the molecule is C=C(CN1CCCC(C)C1=O)C(=O)OCC. The van der Waals surface area contributed by atoms with Crippen LogP contribution in [-0.4, -0.2) is 36.5 Å². The standard InChI is InChI=1S/C12H19NO3/c1-4-16-12(15)10(3)8-13-7-5-6-9(2)11(13)14/h9H,3-8H2,1-2H3. The number of likely N-dealkylation sites (tertiary alicyclic amines) is 1. The monoisotopic (exact) mass is 225 g/mol.